The number of amides is 1. The molecule has 0 N–H and O–H groups in total. The molecular weight excluding hydrogens is 322 g/mol. The number of nitrogens with zero attached hydrogens (tertiary/aromatic N) is 3. The van der Waals surface area contributed by atoms with E-state index in [9.17, 15) is 4.79 Å². The molecule has 0 radical (unpaired) electrons. The Morgan fingerprint density at radius 3 is 2.58 bits per heavy atom. The maximum atomic E-state index is 12.2. The van der Waals surface area contributed by atoms with Crippen molar-refractivity contribution in [1.29, 1.82) is 0 Å². The fourth-order valence-corrected chi connectivity index (χ4v) is 3.53. The van der Waals surface area contributed by atoms with Crippen LogP contribution in [0.3, 0.4) is 0 Å². The van der Waals surface area contributed by atoms with E-state index in [-0.39, 0.29) is 5.91 Å². The van der Waals surface area contributed by atoms with Crippen LogP contribution in [-0.2, 0) is 4.79 Å². The van der Waals surface area contributed by atoms with Crippen molar-refractivity contribution in [2.24, 2.45) is 4.99 Å². The van der Waals surface area contributed by atoms with Crippen LogP contribution in [-0.4, -0.2) is 60.7 Å². The van der Waals surface area contributed by atoms with Gasteiger partial charge >= 0.3 is 0 Å². The molecule has 1 saturated heterocycles. The van der Waals surface area contributed by atoms with Gasteiger partial charge in [0.05, 0.1) is 11.5 Å². The van der Waals surface area contributed by atoms with Crippen LogP contribution in [0, 0.1) is 0 Å². The van der Waals surface area contributed by atoms with Crippen LogP contribution in [0.15, 0.2) is 34.2 Å². The number of amidine groups is 1. The number of likely N-dealkylation sites (N-methyl/N-ethyl adjacent to an activating group) is 1. The summed E-state index contributed by atoms with van der Waals surface area (Å²) >= 11 is 1.48. The molecule has 0 bridgehead atoms. The zero-order chi connectivity index (χ0) is 16.9. The molecule has 5 nitrogen and oxygen atoms in total. The molecule has 0 unspecified atom stereocenters. The van der Waals surface area contributed by atoms with Crippen LogP contribution in [0.4, 0.5) is 0 Å². The molecule has 3 rings (SSSR count). The first-order chi connectivity index (χ1) is 11.7. The molecular formula is C18H23N3O2S. The van der Waals surface area contributed by atoms with Crippen molar-refractivity contribution in [2.75, 3.05) is 39.8 Å². The van der Waals surface area contributed by atoms with Gasteiger partial charge in [-0.1, -0.05) is 19.1 Å². The molecule has 0 aliphatic carbocycles. The number of thioether (sulfide) groups is 1. The predicted molar refractivity (Wildman–Crippen MR) is 99.3 cm³/mol. The highest BCUT2D eigenvalue weighted by molar-refractivity contribution is 8.18. The molecule has 0 aromatic heterocycles. The van der Waals surface area contributed by atoms with E-state index in [0.717, 1.165) is 55.7 Å². The van der Waals surface area contributed by atoms with Crippen LogP contribution < -0.4 is 4.74 Å². The van der Waals surface area contributed by atoms with Crippen LogP contribution in [0.25, 0.3) is 6.08 Å². The molecule has 0 saturated carbocycles. The van der Waals surface area contributed by atoms with Crippen molar-refractivity contribution < 1.29 is 9.53 Å². The Morgan fingerprint density at radius 1 is 1.21 bits per heavy atom. The molecule has 1 aromatic rings. The number of carbonyl (C=O) groups is 1. The van der Waals surface area contributed by atoms with E-state index < -0.39 is 0 Å². The Kier molecular flexibility index (Phi) is 5.58. The van der Waals surface area contributed by atoms with Gasteiger partial charge in [0.25, 0.3) is 5.91 Å². The summed E-state index contributed by atoms with van der Waals surface area (Å²) in [7, 11) is 2.12. The summed E-state index contributed by atoms with van der Waals surface area (Å²) in [5.74, 6) is 0.721. The number of benzene rings is 1. The van der Waals surface area contributed by atoms with Gasteiger partial charge in [-0.25, -0.2) is 0 Å². The van der Waals surface area contributed by atoms with Crippen LogP contribution in [0.2, 0.25) is 0 Å². The molecule has 6 heteroatoms. The van der Waals surface area contributed by atoms with E-state index in [2.05, 4.69) is 28.8 Å². The van der Waals surface area contributed by atoms with E-state index in [0.29, 0.717) is 4.91 Å². The summed E-state index contributed by atoms with van der Waals surface area (Å²) in [5, 5.41) is 0.835. The Bertz CT molecular complexity index is 647. The summed E-state index contributed by atoms with van der Waals surface area (Å²) in [5.41, 5.74) is 0.990. The standard InChI is InChI=1S/C18H23N3O2S/c1-3-12-23-15-6-4-14(5-7-15)13-16-17(22)19-18(24-16)21-10-8-20(2)9-11-21/h4-7,13H,3,8-12H2,1-2H3. The lowest BCUT2D eigenvalue weighted by molar-refractivity contribution is -0.113. The first kappa shape index (κ1) is 17.0. The smallest absolute Gasteiger partial charge is 0.286 e. The topological polar surface area (TPSA) is 45.1 Å². The zero-order valence-corrected chi connectivity index (χ0v) is 15.0. The first-order valence-electron chi connectivity index (χ1n) is 8.34. The zero-order valence-electron chi connectivity index (χ0n) is 14.2. The van der Waals surface area contributed by atoms with E-state index in [4.69, 9.17) is 4.74 Å². The number of ether oxygens (including phenoxy) is 1. The lowest BCUT2D eigenvalue weighted by Crippen LogP contribution is -2.46. The van der Waals surface area contributed by atoms with Gasteiger partial charge in [0.2, 0.25) is 0 Å². The molecule has 2 aliphatic heterocycles. The van der Waals surface area contributed by atoms with Crippen LogP contribution >= 0.6 is 11.8 Å². The fraction of sp³-hybridized carbons (Fsp3) is 0.444. The summed E-state index contributed by atoms with van der Waals surface area (Å²) < 4.78 is 5.58. The van der Waals surface area contributed by atoms with Crippen LogP contribution in [0.5, 0.6) is 5.75 Å². The van der Waals surface area contributed by atoms with E-state index in [1.54, 1.807) is 0 Å². The van der Waals surface area contributed by atoms with Crippen molar-refractivity contribution in [3.8, 4) is 5.75 Å². The van der Waals surface area contributed by atoms with Gasteiger partial charge in [0, 0.05) is 26.2 Å². The first-order valence-corrected chi connectivity index (χ1v) is 9.16. The average Bonchev–Trinajstić information content (AvgIpc) is 2.95. The maximum absolute atomic E-state index is 12.2. The summed E-state index contributed by atoms with van der Waals surface area (Å²) in [6.45, 7) is 6.66. The SMILES string of the molecule is CCCOc1ccc(C=C2SC(N3CCN(C)CC3)=NC2=O)cc1. The lowest BCUT2D eigenvalue weighted by Gasteiger charge is -2.32. The monoisotopic (exact) mass is 345 g/mol. The summed E-state index contributed by atoms with van der Waals surface area (Å²) in [6.07, 6.45) is 2.90. The third kappa shape index (κ3) is 4.19. The minimum Gasteiger partial charge on any atom is -0.494 e. The molecule has 128 valence electrons. The van der Waals surface area contributed by atoms with Crippen molar-refractivity contribution in [2.45, 2.75) is 13.3 Å². The minimum absolute atomic E-state index is 0.139. The third-order valence-corrected chi connectivity index (χ3v) is 5.08. The second-order valence-electron chi connectivity index (χ2n) is 6.02. The molecule has 1 fully saturated rings. The van der Waals surface area contributed by atoms with Crippen molar-refractivity contribution >= 4 is 28.9 Å². The second-order valence-corrected chi connectivity index (χ2v) is 7.03. The lowest BCUT2D eigenvalue weighted by atomic mass is 10.2. The van der Waals surface area contributed by atoms with Crippen LogP contribution in [0.1, 0.15) is 18.9 Å². The highest BCUT2D eigenvalue weighted by atomic mass is 32.2. The number of carbonyl (C=O) groups excluding carboxylic acids is 1. The fourth-order valence-electron chi connectivity index (χ4n) is 2.56. The molecule has 24 heavy (non-hydrogen) atoms. The molecule has 0 spiro atoms. The highest BCUT2D eigenvalue weighted by Crippen LogP contribution is 2.30. The van der Waals surface area contributed by atoms with E-state index in [1.165, 1.54) is 11.8 Å². The largest absolute Gasteiger partial charge is 0.494 e. The van der Waals surface area contributed by atoms with Gasteiger partial charge in [-0.2, -0.15) is 4.99 Å². The van der Waals surface area contributed by atoms with Gasteiger partial charge in [-0.3, -0.25) is 4.79 Å². The molecule has 1 aromatic carbocycles. The van der Waals surface area contributed by atoms with Gasteiger partial charge < -0.3 is 14.5 Å². The predicted octanol–water partition coefficient (Wildman–Crippen LogP) is 2.69. The summed E-state index contributed by atoms with van der Waals surface area (Å²) in [6, 6.07) is 7.82. The highest BCUT2D eigenvalue weighted by Gasteiger charge is 2.27. The Labute approximate surface area is 147 Å². The number of hydrogen-bond donors (Lipinski definition) is 0. The quantitative estimate of drug-likeness (QED) is 0.785. The maximum Gasteiger partial charge on any atom is 0.286 e. The molecule has 2 aliphatic rings. The Hall–Kier alpha value is -1.79. The van der Waals surface area contributed by atoms with Crippen molar-refractivity contribution in [1.82, 2.24) is 9.80 Å². The van der Waals surface area contributed by atoms with E-state index in [1.807, 2.05) is 30.3 Å². The normalized spacial score (nSPS) is 20.6. The van der Waals surface area contributed by atoms with Gasteiger partial charge in [-0.05, 0) is 49.0 Å². The second kappa shape index (κ2) is 7.85. The molecule has 2 heterocycles. The van der Waals surface area contributed by atoms with Crippen molar-refractivity contribution in [3.05, 3.63) is 34.7 Å². The number of aliphatic imine (C=N–C) groups is 1. The molecule has 0 atom stereocenters. The Morgan fingerprint density at radius 2 is 1.92 bits per heavy atom. The van der Waals surface area contributed by atoms with E-state index >= 15 is 0 Å². The van der Waals surface area contributed by atoms with Gasteiger partial charge in [-0.15, -0.1) is 0 Å². The van der Waals surface area contributed by atoms with Crippen molar-refractivity contribution in [3.63, 3.8) is 0 Å². The van der Waals surface area contributed by atoms with Gasteiger partial charge in [0.15, 0.2) is 5.17 Å². The number of hydrogen-bond acceptors (Lipinski definition) is 5. The Balaban J connectivity index is 1.63. The number of piperazine rings is 1. The average molecular weight is 345 g/mol. The molecule has 1 amide bonds. The van der Waals surface area contributed by atoms with Gasteiger partial charge in [0.1, 0.15) is 5.75 Å². The number of rotatable bonds is 4. The summed E-state index contributed by atoms with van der Waals surface area (Å²) in [4.78, 5) is 21.6. The minimum atomic E-state index is -0.139. The third-order valence-electron chi connectivity index (χ3n) is 4.03.